The van der Waals surface area contributed by atoms with Crippen molar-refractivity contribution >= 4 is 0 Å². The first kappa shape index (κ1) is 29.6. The molecular weight excluding hydrogens is 514 g/mol. The highest BCUT2D eigenvalue weighted by atomic mass is 19.4. The van der Waals surface area contributed by atoms with Crippen molar-refractivity contribution in [1.29, 1.82) is 0 Å². The summed E-state index contributed by atoms with van der Waals surface area (Å²) in [5, 5.41) is 0. The van der Waals surface area contributed by atoms with Crippen molar-refractivity contribution in [2.75, 3.05) is 0 Å². The van der Waals surface area contributed by atoms with E-state index in [1.165, 1.54) is 0 Å². The largest absolute Gasteiger partial charge is 0.460 e. The first-order chi connectivity index (χ1) is 12.9. The molecule has 0 fully saturated rings. The van der Waals surface area contributed by atoms with Crippen LogP contribution in [0.4, 0.5) is 87.8 Å². The lowest BCUT2D eigenvalue weighted by Gasteiger charge is -2.43. The number of nitrogens with two attached hydrogens (primary N) is 1. The van der Waals surface area contributed by atoms with E-state index in [2.05, 4.69) is 5.73 Å². The molecule has 2 N–H and O–H groups in total. The molecule has 21 heteroatoms. The summed E-state index contributed by atoms with van der Waals surface area (Å²) in [6.45, 7) is 0. The van der Waals surface area contributed by atoms with Crippen molar-refractivity contribution in [3.05, 3.63) is 0 Å². The second-order valence-corrected chi connectivity index (χ2v) is 5.60. The Kier molecular flexibility index (Phi) is 6.70. The quantitative estimate of drug-likeness (QED) is 0.316. The maximum atomic E-state index is 13.2. The molecule has 1 nitrogen and oxygen atoms in total. The molecule has 0 aromatic carbocycles. The second kappa shape index (κ2) is 7.03. The third-order valence-corrected chi connectivity index (χ3v) is 3.40. The summed E-state index contributed by atoms with van der Waals surface area (Å²) in [5.41, 5.74) is 3.23. The summed E-state index contributed by atoms with van der Waals surface area (Å²) in [6.07, 6.45) is -14.0. The zero-order chi connectivity index (χ0) is 26.1. The number of hydrogen-bond donors (Lipinski definition) is 1. The van der Waals surface area contributed by atoms with Crippen LogP contribution in [0.3, 0.4) is 0 Å². The molecule has 0 saturated heterocycles. The minimum Gasteiger partial charge on any atom is -0.269 e. The van der Waals surface area contributed by atoms with E-state index in [4.69, 9.17) is 0 Å². The van der Waals surface area contributed by atoms with Gasteiger partial charge in [0.15, 0.2) is 0 Å². The van der Waals surface area contributed by atoms with Gasteiger partial charge >= 0.3 is 53.7 Å². The lowest BCUT2D eigenvalue weighted by atomic mass is 9.87. The van der Waals surface area contributed by atoms with Crippen LogP contribution in [0.2, 0.25) is 0 Å². The van der Waals surface area contributed by atoms with Crippen LogP contribution < -0.4 is 5.73 Å². The van der Waals surface area contributed by atoms with Gasteiger partial charge < -0.3 is 0 Å². The van der Waals surface area contributed by atoms with Crippen molar-refractivity contribution in [2.45, 2.75) is 59.9 Å². The molecule has 0 rings (SSSR count). The molecule has 0 aromatic heterocycles. The predicted molar refractivity (Wildman–Crippen MR) is 54.7 cm³/mol. The Bertz CT molecular complexity index is 652. The Balaban J connectivity index is 6.84. The molecule has 188 valence electrons. The van der Waals surface area contributed by atoms with E-state index in [1.54, 1.807) is 0 Å². The summed E-state index contributed by atoms with van der Waals surface area (Å²) < 4.78 is 254. The molecule has 31 heavy (non-hydrogen) atoms. The summed E-state index contributed by atoms with van der Waals surface area (Å²) in [7, 11) is 0. The average Bonchev–Trinajstić information content (AvgIpc) is 2.50. The van der Waals surface area contributed by atoms with E-state index >= 15 is 0 Å². The van der Waals surface area contributed by atoms with Gasteiger partial charge in [0.25, 0.3) is 0 Å². The fourth-order valence-electron chi connectivity index (χ4n) is 1.58. The van der Waals surface area contributed by atoms with Gasteiger partial charge in [-0.05, 0) is 0 Å². The predicted octanol–water partition coefficient (Wildman–Crippen LogP) is 5.89. The molecule has 1 unspecified atom stereocenters. The normalized spacial score (nSPS) is 17.7. The van der Waals surface area contributed by atoms with Gasteiger partial charge in [0.05, 0.1) is 0 Å². The van der Waals surface area contributed by atoms with Crippen LogP contribution in [0.1, 0.15) is 0 Å². The lowest BCUT2D eigenvalue weighted by Crippen LogP contribution is -2.75. The fraction of sp³-hybridized carbons (Fsp3) is 1.00. The molecule has 0 bridgehead atoms. The average molecular weight is 517 g/mol. The standard InChI is InChI=1S/C10H3F20N/c11-1(3(14,15)31)2(12,13)4(16,17)5(18,19)6(20,21)7(22,23)8(24,25)9(26,27)10(28,29)30/h1H,31H2. The van der Waals surface area contributed by atoms with Gasteiger partial charge in [0.1, 0.15) is 0 Å². The molecule has 0 aliphatic heterocycles. The number of halogens is 20. The van der Waals surface area contributed by atoms with E-state index in [0.29, 0.717) is 0 Å². The zero-order valence-corrected chi connectivity index (χ0v) is 13.2. The molecule has 0 aromatic rings. The highest BCUT2D eigenvalue weighted by Crippen LogP contribution is 2.64. The van der Waals surface area contributed by atoms with Crippen LogP contribution in [0.25, 0.3) is 0 Å². The number of alkyl halides is 20. The Hall–Kier alpha value is -1.44. The van der Waals surface area contributed by atoms with Gasteiger partial charge in [-0.2, -0.15) is 83.4 Å². The molecule has 0 spiro atoms. The molecule has 0 saturated carbocycles. The summed E-state index contributed by atoms with van der Waals surface area (Å²) in [4.78, 5) is 0. The number of rotatable bonds is 8. The first-order valence-corrected chi connectivity index (χ1v) is 6.42. The van der Waals surface area contributed by atoms with Crippen LogP contribution in [0, 0.1) is 0 Å². The fourth-order valence-corrected chi connectivity index (χ4v) is 1.58. The van der Waals surface area contributed by atoms with Gasteiger partial charge in [-0.1, -0.05) is 0 Å². The second-order valence-electron chi connectivity index (χ2n) is 5.60. The Morgan fingerprint density at radius 2 is 0.613 bits per heavy atom. The van der Waals surface area contributed by atoms with E-state index < -0.39 is 59.9 Å². The third kappa shape index (κ3) is 3.72. The number of hydrogen-bond acceptors (Lipinski definition) is 1. The summed E-state index contributed by atoms with van der Waals surface area (Å²) >= 11 is 0. The summed E-state index contributed by atoms with van der Waals surface area (Å²) in [5.74, 6) is -60.3. The highest BCUT2D eigenvalue weighted by molar-refractivity contribution is 5.16. The Morgan fingerprint density at radius 3 is 0.839 bits per heavy atom. The van der Waals surface area contributed by atoms with Gasteiger partial charge in [-0.25, -0.2) is 4.39 Å². The van der Waals surface area contributed by atoms with Gasteiger partial charge in [-0.15, -0.1) is 0 Å². The van der Waals surface area contributed by atoms with Gasteiger partial charge in [-0.3, -0.25) is 5.73 Å². The highest BCUT2D eigenvalue weighted by Gasteiger charge is 2.96. The molecule has 0 aliphatic carbocycles. The van der Waals surface area contributed by atoms with E-state index in [9.17, 15) is 87.8 Å². The lowest BCUT2D eigenvalue weighted by molar-refractivity contribution is -0.464. The third-order valence-electron chi connectivity index (χ3n) is 3.40. The van der Waals surface area contributed by atoms with Crippen LogP contribution >= 0.6 is 0 Å². The molecular formula is C10H3F20N. The Labute approximate surface area is 155 Å². The minimum absolute atomic E-state index is 3.23. The molecule has 0 heterocycles. The minimum atomic E-state index is -8.98. The topological polar surface area (TPSA) is 26.0 Å². The van der Waals surface area contributed by atoms with Crippen molar-refractivity contribution in [3.63, 3.8) is 0 Å². The molecule has 1 atom stereocenters. The van der Waals surface area contributed by atoms with Gasteiger partial charge in [0.2, 0.25) is 6.17 Å². The van der Waals surface area contributed by atoms with Crippen LogP contribution in [-0.2, 0) is 0 Å². The Morgan fingerprint density at radius 1 is 0.387 bits per heavy atom. The summed E-state index contributed by atoms with van der Waals surface area (Å²) in [6, 6.07) is -6.30. The van der Waals surface area contributed by atoms with Crippen LogP contribution in [0.15, 0.2) is 0 Å². The van der Waals surface area contributed by atoms with E-state index in [1.807, 2.05) is 0 Å². The molecule has 0 aliphatic rings. The first-order valence-electron chi connectivity index (χ1n) is 6.42. The monoisotopic (exact) mass is 517 g/mol. The zero-order valence-electron chi connectivity index (χ0n) is 13.2. The van der Waals surface area contributed by atoms with Crippen molar-refractivity contribution < 1.29 is 87.8 Å². The van der Waals surface area contributed by atoms with Crippen molar-refractivity contribution in [2.24, 2.45) is 5.73 Å². The van der Waals surface area contributed by atoms with E-state index in [-0.39, 0.29) is 0 Å². The van der Waals surface area contributed by atoms with Gasteiger partial charge in [0, 0.05) is 0 Å². The van der Waals surface area contributed by atoms with Crippen molar-refractivity contribution in [3.8, 4) is 0 Å². The maximum Gasteiger partial charge on any atom is 0.460 e. The smallest absolute Gasteiger partial charge is 0.269 e. The van der Waals surface area contributed by atoms with E-state index in [0.717, 1.165) is 0 Å². The molecule has 0 radical (unpaired) electrons. The molecule has 0 amide bonds. The van der Waals surface area contributed by atoms with Crippen molar-refractivity contribution in [1.82, 2.24) is 0 Å². The van der Waals surface area contributed by atoms with Crippen LogP contribution in [0.5, 0.6) is 0 Å². The van der Waals surface area contributed by atoms with Crippen LogP contribution in [-0.4, -0.2) is 59.9 Å². The SMILES string of the molecule is NC(F)(F)C(F)C(F)(F)C(F)(F)C(F)(F)C(F)(F)C(F)(F)C(F)(F)C(F)(F)C(F)(F)F. The maximum absolute atomic E-state index is 13.2.